The molecule has 1 aliphatic rings. The molecular weight excluding hydrogens is 247 g/mol. The van der Waals surface area contributed by atoms with E-state index in [1.54, 1.807) is 12.1 Å². The Hall–Kier alpha value is -1.46. The number of carboxylic acid groups (broad SMARTS) is 1. The Labute approximate surface area is 112 Å². The first-order valence-electron chi connectivity index (χ1n) is 6.51. The van der Waals surface area contributed by atoms with Gasteiger partial charge in [0.2, 0.25) is 0 Å². The second-order valence-corrected chi connectivity index (χ2v) is 5.13. The molecule has 5 heteroatoms. The SMILES string of the molecule is NC(C(=O)O)C1CCCN(Cc2ccc(F)cc2)C1. The van der Waals surface area contributed by atoms with Crippen LogP contribution < -0.4 is 5.73 Å². The number of carboxylic acids is 1. The molecule has 3 N–H and O–H groups in total. The van der Waals surface area contributed by atoms with Gasteiger partial charge in [0, 0.05) is 13.1 Å². The Morgan fingerprint density at radius 3 is 2.79 bits per heavy atom. The van der Waals surface area contributed by atoms with Crippen molar-refractivity contribution >= 4 is 5.97 Å². The maximum atomic E-state index is 12.8. The molecule has 0 aromatic heterocycles. The molecule has 0 bridgehead atoms. The third-order valence-corrected chi connectivity index (χ3v) is 3.65. The summed E-state index contributed by atoms with van der Waals surface area (Å²) in [5, 5.41) is 8.96. The third-order valence-electron chi connectivity index (χ3n) is 3.65. The number of piperidine rings is 1. The standard InChI is InChI=1S/C14H19FN2O2/c15-12-5-3-10(4-6-12)8-17-7-1-2-11(9-17)13(16)14(18)19/h3-6,11,13H,1-2,7-9,16H2,(H,18,19). The summed E-state index contributed by atoms with van der Waals surface area (Å²) in [6.07, 6.45) is 1.81. The summed E-state index contributed by atoms with van der Waals surface area (Å²) in [5.41, 5.74) is 6.72. The van der Waals surface area contributed by atoms with E-state index in [9.17, 15) is 9.18 Å². The van der Waals surface area contributed by atoms with Crippen LogP contribution in [0, 0.1) is 11.7 Å². The number of hydrogen-bond acceptors (Lipinski definition) is 3. The highest BCUT2D eigenvalue weighted by atomic mass is 19.1. The summed E-state index contributed by atoms with van der Waals surface area (Å²) in [4.78, 5) is 13.1. The lowest BCUT2D eigenvalue weighted by Gasteiger charge is -2.34. The average Bonchev–Trinajstić information content (AvgIpc) is 2.41. The summed E-state index contributed by atoms with van der Waals surface area (Å²) in [6, 6.07) is 5.61. The quantitative estimate of drug-likeness (QED) is 0.865. The van der Waals surface area contributed by atoms with E-state index < -0.39 is 12.0 Å². The molecule has 104 valence electrons. The van der Waals surface area contributed by atoms with Gasteiger partial charge in [-0.25, -0.2) is 4.39 Å². The Bertz CT molecular complexity index is 436. The minimum atomic E-state index is -0.936. The lowest BCUT2D eigenvalue weighted by atomic mass is 9.91. The highest BCUT2D eigenvalue weighted by Crippen LogP contribution is 2.21. The summed E-state index contributed by atoms with van der Waals surface area (Å²) in [6.45, 7) is 2.33. The smallest absolute Gasteiger partial charge is 0.320 e. The van der Waals surface area contributed by atoms with Crippen molar-refractivity contribution in [1.29, 1.82) is 0 Å². The molecule has 1 fully saturated rings. The molecular formula is C14H19FN2O2. The molecule has 0 radical (unpaired) electrons. The van der Waals surface area contributed by atoms with Crippen LogP contribution in [0.2, 0.25) is 0 Å². The number of rotatable bonds is 4. The van der Waals surface area contributed by atoms with Gasteiger partial charge in [0.1, 0.15) is 11.9 Å². The van der Waals surface area contributed by atoms with Crippen molar-refractivity contribution in [2.75, 3.05) is 13.1 Å². The molecule has 1 aromatic carbocycles. The van der Waals surface area contributed by atoms with Gasteiger partial charge in [-0.05, 0) is 43.0 Å². The highest BCUT2D eigenvalue weighted by molar-refractivity contribution is 5.73. The molecule has 2 unspecified atom stereocenters. The fraction of sp³-hybridized carbons (Fsp3) is 0.500. The second kappa shape index (κ2) is 6.12. The third kappa shape index (κ3) is 3.75. The van der Waals surface area contributed by atoms with E-state index in [2.05, 4.69) is 4.90 Å². The molecule has 1 heterocycles. The van der Waals surface area contributed by atoms with Crippen LogP contribution in [0.25, 0.3) is 0 Å². The minimum Gasteiger partial charge on any atom is -0.480 e. The molecule has 1 saturated heterocycles. The summed E-state index contributed by atoms with van der Waals surface area (Å²) >= 11 is 0. The molecule has 1 aliphatic heterocycles. The van der Waals surface area contributed by atoms with Crippen LogP contribution in [0.5, 0.6) is 0 Å². The Kier molecular flexibility index (Phi) is 4.50. The summed E-state index contributed by atoms with van der Waals surface area (Å²) < 4.78 is 12.8. The molecule has 19 heavy (non-hydrogen) atoms. The number of carbonyl (C=O) groups is 1. The normalized spacial score (nSPS) is 22.1. The lowest BCUT2D eigenvalue weighted by molar-refractivity contribution is -0.140. The van der Waals surface area contributed by atoms with Gasteiger partial charge in [-0.1, -0.05) is 12.1 Å². The monoisotopic (exact) mass is 266 g/mol. The van der Waals surface area contributed by atoms with Gasteiger partial charge >= 0.3 is 5.97 Å². The van der Waals surface area contributed by atoms with Crippen LogP contribution in [0.3, 0.4) is 0 Å². The summed E-state index contributed by atoms with van der Waals surface area (Å²) in [5.74, 6) is -1.19. The zero-order valence-corrected chi connectivity index (χ0v) is 10.8. The summed E-state index contributed by atoms with van der Waals surface area (Å²) in [7, 11) is 0. The van der Waals surface area contributed by atoms with Gasteiger partial charge < -0.3 is 10.8 Å². The van der Waals surface area contributed by atoms with Crippen molar-refractivity contribution in [3.05, 3.63) is 35.6 Å². The van der Waals surface area contributed by atoms with Crippen molar-refractivity contribution in [3.63, 3.8) is 0 Å². The average molecular weight is 266 g/mol. The number of hydrogen-bond donors (Lipinski definition) is 2. The van der Waals surface area contributed by atoms with Crippen molar-refractivity contribution in [3.8, 4) is 0 Å². The van der Waals surface area contributed by atoms with Crippen molar-refractivity contribution in [2.45, 2.75) is 25.4 Å². The lowest BCUT2D eigenvalue weighted by Crippen LogP contribution is -2.46. The number of nitrogens with two attached hydrogens (primary N) is 1. The van der Waals surface area contributed by atoms with Crippen LogP contribution in [-0.2, 0) is 11.3 Å². The van der Waals surface area contributed by atoms with Crippen molar-refractivity contribution in [2.24, 2.45) is 11.7 Å². The molecule has 0 spiro atoms. The Morgan fingerprint density at radius 1 is 1.47 bits per heavy atom. The van der Waals surface area contributed by atoms with Gasteiger partial charge in [0.05, 0.1) is 0 Å². The maximum absolute atomic E-state index is 12.8. The molecule has 2 rings (SSSR count). The van der Waals surface area contributed by atoms with Crippen LogP contribution in [0.15, 0.2) is 24.3 Å². The van der Waals surface area contributed by atoms with Gasteiger partial charge in [-0.3, -0.25) is 9.69 Å². The molecule has 2 atom stereocenters. The van der Waals surface area contributed by atoms with E-state index in [1.165, 1.54) is 12.1 Å². The van der Waals surface area contributed by atoms with E-state index in [0.29, 0.717) is 13.1 Å². The Balaban J connectivity index is 1.94. The minimum absolute atomic E-state index is 0.00769. The molecule has 0 amide bonds. The fourth-order valence-corrected chi connectivity index (χ4v) is 2.58. The molecule has 0 saturated carbocycles. The molecule has 0 aliphatic carbocycles. The number of halogens is 1. The van der Waals surface area contributed by atoms with Crippen LogP contribution >= 0.6 is 0 Å². The number of nitrogens with zero attached hydrogens (tertiary/aromatic N) is 1. The predicted molar refractivity (Wildman–Crippen MR) is 70.0 cm³/mol. The van der Waals surface area contributed by atoms with Gasteiger partial charge in [0.25, 0.3) is 0 Å². The zero-order valence-electron chi connectivity index (χ0n) is 10.8. The first-order valence-corrected chi connectivity index (χ1v) is 6.51. The van der Waals surface area contributed by atoms with E-state index in [1.807, 2.05) is 0 Å². The second-order valence-electron chi connectivity index (χ2n) is 5.13. The van der Waals surface area contributed by atoms with E-state index in [0.717, 1.165) is 24.9 Å². The van der Waals surface area contributed by atoms with Crippen LogP contribution in [-0.4, -0.2) is 35.1 Å². The Morgan fingerprint density at radius 2 is 2.16 bits per heavy atom. The van der Waals surface area contributed by atoms with Crippen molar-refractivity contribution in [1.82, 2.24) is 4.90 Å². The number of benzene rings is 1. The highest BCUT2D eigenvalue weighted by Gasteiger charge is 2.28. The fourth-order valence-electron chi connectivity index (χ4n) is 2.58. The van der Waals surface area contributed by atoms with Crippen LogP contribution in [0.1, 0.15) is 18.4 Å². The maximum Gasteiger partial charge on any atom is 0.320 e. The molecule has 4 nitrogen and oxygen atoms in total. The number of aliphatic carboxylic acids is 1. The van der Waals surface area contributed by atoms with Gasteiger partial charge in [0.15, 0.2) is 0 Å². The predicted octanol–water partition coefficient (Wildman–Crippen LogP) is 1.45. The van der Waals surface area contributed by atoms with Crippen molar-refractivity contribution < 1.29 is 14.3 Å². The number of likely N-dealkylation sites (tertiary alicyclic amines) is 1. The zero-order chi connectivity index (χ0) is 13.8. The van der Waals surface area contributed by atoms with Gasteiger partial charge in [-0.15, -0.1) is 0 Å². The first-order chi connectivity index (χ1) is 9.06. The van der Waals surface area contributed by atoms with E-state index >= 15 is 0 Å². The molecule has 1 aromatic rings. The van der Waals surface area contributed by atoms with Gasteiger partial charge in [-0.2, -0.15) is 0 Å². The first kappa shape index (κ1) is 14.0. The van der Waals surface area contributed by atoms with Crippen LogP contribution in [0.4, 0.5) is 4.39 Å². The van der Waals surface area contributed by atoms with E-state index in [4.69, 9.17) is 10.8 Å². The topological polar surface area (TPSA) is 66.6 Å². The van der Waals surface area contributed by atoms with E-state index in [-0.39, 0.29) is 11.7 Å². The largest absolute Gasteiger partial charge is 0.480 e.